The van der Waals surface area contributed by atoms with Crippen LogP contribution in [-0.2, 0) is 9.57 Å². The van der Waals surface area contributed by atoms with E-state index in [1.54, 1.807) is 0 Å². The molecule has 0 spiro atoms. The minimum absolute atomic E-state index is 0.0141. The van der Waals surface area contributed by atoms with E-state index in [1.807, 2.05) is 20.8 Å². The van der Waals surface area contributed by atoms with Crippen molar-refractivity contribution in [3.05, 3.63) is 0 Å². The molecule has 1 rings (SSSR count). The molecule has 1 atom stereocenters. The van der Waals surface area contributed by atoms with Crippen molar-refractivity contribution in [2.45, 2.75) is 59.1 Å². The van der Waals surface area contributed by atoms with Gasteiger partial charge in [0.1, 0.15) is 5.60 Å². The Morgan fingerprint density at radius 3 is 2.28 bits per heavy atom. The van der Waals surface area contributed by atoms with Crippen LogP contribution in [0.1, 0.15) is 47.5 Å². The summed E-state index contributed by atoms with van der Waals surface area (Å²) in [6.07, 6.45) is 1.69. The van der Waals surface area contributed by atoms with Gasteiger partial charge in [-0.2, -0.15) is 0 Å². The molecular formula is C13H26N2O3. The molecule has 0 saturated heterocycles. The van der Waals surface area contributed by atoms with Crippen LogP contribution in [0.2, 0.25) is 0 Å². The summed E-state index contributed by atoms with van der Waals surface area (Å²) in [7, 11) is 0. The van der Waals surface area contributed by atoms with Crippen LogP contribution >= 0.6 is 0 Å². The molecule has 3 N–H and O–H groups in total. The number of rotatable bonds is 5. The van der Waals surface area contributed by atoms with Crippen LogP contribution in [0.25, 0.3) is 0 Å². The number of carbonyl (C=O) groups is 1. The van der Waals surface area contributed by atoms with Gasteiger partial charge in [0.2, 0.25) is 0 Å². The number of hydrogen-bond donors (Lipinski definition) is 2. The highest BCUT2D eigenvalue weighted by molar-refractivity contribution is 5.68. The molecule has 1 amide bonds. The van der Waals surface area contributed by atoms with Crippen molar-refractivity contribution in [3.8, 4) is 0 Å². The first-order chi connectivity index (χ1) is 8.20. The smallest absolute Gasteiger partial charge is 0.407 e. The normalized spacial score (nSPS) is 19.5. The molecule has 0 aliphatic heterocycles. The van der Waals surface area contributed by atoms with Gasteiger partial charge in [-0.25, -0.2) is 10.7 Å². The second kappa shape index (κ2) is 5.45. The third kappa shape index (κ3) is 4.14. The first-order valence-electron chi connectivity index (χ1n) is 6.51. The van der Waals surface area contributed by atoms with Gasteiger partial charge in [-0.05, 0) is 39.5 Å². The molecule has 18 heavy (non-hydrogen) atoms. The third-order valence-electron chi connectivity index (χ3n) is 3.26. The van der Waals surface area contributed by atoms with E-state index in [9.17, 15) is 4.79 Å². The van der Waals surface area contributed by atoms with Crippen molar-refractivity contribution in [1.29, 1.82) is 0 Å². The average Bonchev–Trinajstić information content (AvgIpc) is 2.92. The molecule has 1 aliphatic rings. The summed E-state index contributed by atoms with van der Waals surface area (Å²) in [6, 6.07) is 0.0379. The van der Waals surface area contributed by atoms with Gasteiger partial charge in [-0.15, -0.1) is 0 Å². The molecule has 0 bridgehead atoms. The second-order valence-electron chi connectivity index (χ2n) is 6.54. The Morgan fingerprint density at radius 1 is 1.39 bits per heavy atom. The average molecular weight is 258 g/mol. The van der Waals surface area contributed by atoms with Gasteiger partial charge >= 0.3 is 6.09 Å². The lowest BCUT2D eigenvalue weighted by atomic mass is 9.88. The SMILES string of the molecule is CC(C)C(NC(=O)OC(C)(C)C)C1(CON)CC1. The van der Waals surface area contributed by atoms with Gasteiger partial charge in [-0.3, -0.25) is 0 Å². The predicted octanol–water partition coefficient (Wildman–Crippen LogP) is 2.21. The predicted molar refractivity (Wildman–Crippen MR) is 69.8 cm³/mol. The van der Waals surface area contributed by atoms with Crippen LogP contribution in [0.15, 0.2) is 0 Å². The largest absolute Gasteiger partial charge is 0.444 e. The number of nitrogens with two attached hydrogens (primary N) is 1. The van der Waals surface area contributed by atoms with E-state index in [1.165, 1.54) is 0 Å². The zero-order valence-corrected chi connectivity index (χ0v) is 12.1. The van der Waals surface area contributed by atoms with Gasteiger partial charge in [-0.1, -0.05) is 13.8 Å². The lowest BCUT2D eigenvalue weighted by Gasteiger charge is -2.31. The number of amides is 1. The summed E-state index contributed by atoms with van der Waals surface area (Å²) in [6.45, 7) is 10.2. The van der Waals surface area contributed by atoms with E-state index >= 15 is 0 Å². The maximum Gasteiger partial charge on any atom is 0.407 e. The van der Waals surface area contributed by atoms with Crippen LogP contribution in [-0.4, -0.2) is 24.3 Å². The summed E-state index contributed by atoms with van der Waals surface area (Å²) < 4.78 is 5.30. The zero-order valence-electron chi connectivity index (χ0n) is 12.1. The molecule has 106 valence electrons. The Labute approximate surface area is 109 Å². The minimum atomic E-state index is -0.479. The topological polar surface area (TPSA) is 73.6 Å². The fraction of sp³-hybridized carbons (Fsp3) is 0.923. The lowest BCUT2D eigenvalue weighted by Crippen LogP contribution is -2.48. The quantitative estimate of drug-likeness (QED) is 0.741. The summed E-state index contributed by atoms with van der Waals surface area (Å²) in [5, 5.41) is 2.96. The Morgan fingerprint density at radius 2 is 1.94 bits per heavy atom. The molecule has 5 nitrogen and oxygen atoms in total. The number of nitrogens with one attached hydrogen (secondary N) is 1. The Kier molecular flexibility index (Phi) is 4.61. The number of ether oxygens (including phenoxy) is 1. The number of alkyl carbamates (subject to hydrolysis) is 1. The van der Waals surface area contributed by atoms with Gasteiger partial charge in [0, 0.05) is 11.5 Å². The molecule has 0 aromatic rings. The van der Waals surface area contributed by atoms with Crippen LogP contribution in [0, 0.1) is 11.3 Å². The van der Waals surface area contributed by atoms with E-state index in [0.29, 0.717) is 12.5 Å². The van der Waals surface area contributed by atoms with Gasteiger partial charge in [0.15, 0.2) is 0 Å². The van der Waals surface area contributed by atoms with Crippen LogP contribution in [0.4, 0.5) is 4.79 Å². The summed E-state index contributed by atoms with van der Waals surface area (Å²) in [4.78, 5) is 16.6. The molecule has 0 radical (unpaired) electrons. The highest BCUT2D eigenvalue weighted by atomic mass is 16.6. The zero-order chi connectivity index (χ0) is 14.0. The van der Waals surface area contributed by atoms with E-state index in [4.69, 9.17) is 15.5 Å². The summed E-state index contributed by atoms with van der Waals surface area (Å²) in [5.74, 6) is 5.50. The Balaban J connectivity index is 2.62. The highest BCUT2D eigenvalue weighted by Crippen LogP contribution is 2.50. The van der Waals surface area contributed by atoms with Crippen LogP contribution < -0.4 is 11.2 Å². The first kappa shape index (κ1) is 15.2. The monoisotopic (exact) mass is 258 g/mol. The summed E-state index contributed by atoms with van der Waals surface area (Å²) in [5.41, 5.74) is -0.494. The van der Waals surface area contributed by atoms with Crippen molar-refractivity contribution in [3.63, 3.8) is 0 Å². The van der Waals surface area contributed by atoms with Crippen molar-refractivity contribution in [2.24, 2.45) is 17.2 Å². The lowest BCUT2D eigenvalue weighted by molar-refractivity contribution is 0.0341. The fourth-order valence-corrected chi connectivity index (χ4v) is 2.33. The molecule has 1 unspecified atom stereocenters. The molecule has 0 aromatic heterocycles. The molecule has 0 heterocycles. The van der Waals surface area contributed by atoms with E-state index in [0.717, 1.165) is 12.8 Å². The number of hydrogen-bond acceptors (Lipinski definition) is 4. The Bertz CT molecular complexity index is 293. The molecule has 5 heteroatoms. The van der Waals surface area contributed by atoms with E-state index < -0.39 is 5.60 Å². The molecule has 1 aliphatic carbocycles. The maximum atomic E-state index is 11.8. The van der Waals surface area contributed by atoms with Crippen molar-refractivity contribution in [1.82, 2.24) is 5.32 Å². The first-order valence-corrected chi connectivity index (χ1v) is 6.51. The molecule has 1 fully saturated rings. The van der Waals surface area contributed by atoms with Crippen molar-refractivity contribution >= 4 is 6.09 Å². The highest BCUT2D eigenvalue weighted by Gasteiger charge is 2.51. The second-order valence-corrected chi connectivity index (χ2v) is 6.54. The molecule has 0 aromatic carbocycles. The molecule has 1 saturated carbocycles. The summed E-state index contributed by atoms with van der Waals surface area (Å²) >= 11 is 0. The Hall–Kier alpha value is -0.810. The van der Waals surface area contributed by atoms with E-state index in [2.05, 4.69) is 19.2 Å². The van der Waals surface area contributed by atoms with Crippen LogP contribution in [0.5, 0.6) is 0 Å². The van der Waals surface area contributed by atoms with Crippen LogP contribution in [0.3, 0.4) is 0 Å². The molecular weight excluding hydrogens is 232 g/mol. The third-order valence-corrected chi connectivity index (χ3v) is 3.26. The van der Waals surface area contributed by atoms with Crippen molar-refractivity contribution in [2.75, 3.05) is 6.61 Å². The van der Waals surface area contributed by atoms with Gasteiger partial charge < -0.3 is 14.9 Å². The standard InChI is InChI=1S/C13H26N2O3/c1-9(2)10(13(6-7-13)8-17-14)15-11(16)18-12(3,4)5/h9-10H,6-8,14H2,1-5H3,(H,15,16). The number of carbonyl (C=O) groups excluding carboxylic acids is 1. The fourth-order valence-electron chi connectivity index (χ4n) is 2.33. The minimum Gasteiger partial charge on any atom is -0.444 e. The van der Waals surface area contributed by atoms with E-state index in [-0.39, 0.29) is 17.6 Å². The maximum absolute atomic E-state index is 11.8. The van der Waals surface area contributed by atoms with Crippen molar-refractivity contribution < 1.29 is 14.4 Å². The van der Waals surface area contributed by atoms with Gasteiger partial charge in [0.25, 0.3) is 0 Å². The van der Waals surface area contributed by atoms with Gasteiger partial charge in [0.05, 0.1) is 6.61 Å².